The molecule has 5 nitrogen and oxygen atoms in total. The van der Waals surface area contributed by atoms with Gasteiger partial charge in [0.2, 0.25) is 0 Å². The minimum absolute atomic E-state index is 0.100. The van der Waals surface area contributed by atoms with E-state index in [1.807, 2.05) is 52.8 Å². The normalized spacial score (nSPS) is 12.1. The molecular weight excluding hydrogens is 352 g/mol. The quantitative estimate of drug-likeness (QED) is 0.744. The van der Waals surface area contributed by atoms with Crippen molar-refractivity contribution in [2.75, 3.05) is 19.5 Å². The number of fused-ring (bicyclic) bond motifs is 1. The molecule has 0 saturated carbocycles. The first-order chi connectivity index (χ1) is 12.2. The van der Waals surface area contributed by atoms with Gasteiger partial charge in [0.1, 0.15) is 16.9 Å². The van der Waals surface area contributed by atoms with E-state index in [9.17, 15) is 9.90 Å². The van der Waals surface area contributed by atoms with Crippen LogP contribution in [0, 0.1) is 0 Å². The molecule has 6 heteroatoms. The fourth-order valence-corrected chi connectivity index (χ4v) is 2.77. The number of nitrogens with zero attached hydrogens (tertiary/aromatic N) is 2. The third-order valence-corrected chi connectivity index (χ3v) is 3.98. The molecule has 0 saturated heterocycles. The van der Waals surface area contributed by atoms with Crippen LogP contribution in [0.3, 0.4) is 0 Å². The molecule has 0 radical (unpaired) electrons. The molecule has 0 bridgehead atoms. The van der Waals surface area contributed by atoms with Crippen LogP contribution in [0.5, 0.6) is 5.75 Å². The third-order valence-electron chi connectivity index (χ3n) is 3.61. The second-order valence-corrected chi connectivity index (χ2v) is 7.09. The molecule has 1 heterocycles. The van der Waals surface area contributed by atoms with Crippen molar-refractivity contribution < 1.29 is 14.6 Å². The summed E-state index contributed by atoms with van der Waals surface area (Å²) in [4.78, 5) is 17.9. The Hall–Kier alpha value is -2.01. The van der Waals surface area contributed by atoms with E-state index in [0.29, 0.717) is 17.9 Å². The molecule has 0 spiro atoms. The van der Waals surface area contributed by atoms with Crippen LogP contribution in [0.1, 0.15) is 46.1 Å². The number of hydrogen-bond acceptors (Lipinski definition) is 4. The van der Waals surface area contributed by atoms with Gasteiger partial charge < -0.3 is 14.7 Å². The van der Waals surface area contributed by atoms with Crippen molar-refractivity contribution in [2.24, 2.45) is 0 Å². The summed E-state index contributed by atoms with van der Waals surface area (Å²) in [5.74, 6) is 0.363. The fraction of sp³-hybridized carbons (Fsp3) is 0.500. The highest BCUT2D eigenvalue weighted by molar-refractivity contribution is 6.18. The van der Waals surface area contributed by atoms with Gasteiger partial charge in [0.25, 0.3) is 0 Å². The molecule has 26 heavy (non-hydrogen) atoms. The van der Waals surface area contributed by atoms with Crippen molar-refractivity contribution >= 4 is 28.6 Å². The zero-order chi connectivity index (χ0) is 19.9. The minimum Gasteiger partial charge on any atom is -0.506 e. The van der Waals surface area contributed by atoms with Gasteiger partial charge in [-0.05, 0) is 38.5 Å². The molecule has 1 aromatic heterocycles. The van der Waals surface area contributed by atoms with E-state index in [0.717, 1.165) is 10.9 Å². The standard InChI is InChI=1S/C18H23ClN2O3.C2H6/c1-18(2,3)24-17(23)21(4)11-12(10-19)13-7-8-15(22)16-14(13)6-5-9-20-16;1-2/h5-9,12,22H,10-11H2,1-4H3;1-2H3. The summed E-state index contributed by atoms with van der Waals surface area (Å²) in [7, 11) is 1.69. The molecule has 2 aromatic rings. The lowest BCUT2D eigenvalue weighted by Crippen LogP contribution is -2.36. The molecule has 1 atom stereocenters. The van der Waals surface area contributed by atoms with E-state index in [4.69, 9.17) is 16.3 Å². The second kappa shape index (κ2) is 9.62. The maximum atomic E-state index is 12.2. The van der Waals surface area contributed by atoms with Crippen LogP contribution in [0.4, 0.5) is 4.79 Å². The Morgan fingerprint density at radius 3 is 2.54 bits per heavy atom. The first-order valence-corrected chi connectivity index (χ1v) is 9.33. The molecule has 1 aromatic carbocycles. The molecule has 1 N–H and O–H groups in total. The van der Waals surface area contributed by atoms with Crippen LogP contribution in [0.15, 0.2) is 30.5 Å². The van der Waals surface area contributed by atoms with Gasteiger partial charge in [-0.3, -0.25) is 4.98 Å². The number of carbonyl (C=O) groups excluding carboxylic acids is 1. The number of phenols is 1. The molecule has 1 unspecified atom stereocenters. The summed E-state index contributed by atoms with van der Waals surface area (Å²) in [5.41, 5.74) is 0.933. The monoisotopic (exact) mass is 380 g/mol. The predicted molar refractivity (Wildman–Crippen MR) is 107 cm³/mol. The van der Waals surface area contributed by atoms with Crippen molar-refractivity contribution in [1.82, 2.24) is 9.88 Å². The predicted octanol–water partition coefficient (Wildman–Crippen LogP) is 5.16. The van der Waals surface area contributed by atoms with Crippen molar-refractivity contribution in [1.29, 1.82) is 0 Å². The second-order valence-electron chi connectivity index (χ2n) is 6.79. The molecule has 2 rings (SSSR count). The first kappa shape index (κ1) is 22.0. The Balaban J connectivity index is 0.00000163. The highest BCUT2D eigenvalue weighted by Crippen LogP contribution is 2.31. The summed E-state index contributed by atoms with van der Waals surface area (Å²) in [6.07, 6.45) is 1.24. The van der Waals surface area contributed by atoms with E-state index in [-0.39, 0.29) is 17.8 Å². The summed E-state index contributed by atoms with van der Waals surface area (Å²) in [6, 6.07) is 7.14. The Kier molecular flexibility index (Phi) is 8.15. The maximum Gasteiger partial charge on any atom is 0.410 e. The van der Waals surface area contributed by atoms with Crippen LogP contribution >= 0.6 is 11.6 Å². The number of carbonyl (C=O) groups is 1. The van der Waals surface area contributed by atoms with Crippen LogP contribution in [0.2, 0.25) is 0 Å². The van der Waals surface area contributed by atoms with Gasteiger partial charge in [0.15, 0.2) is 0 Å². The lowest BCUT2D eigenvalue weighted by atomic mass is 9.95. The zero-order valence-corrected chi connectivity index (χ0v) is 17.2. The third kappa shape index (κ3) is 5.77. The number of aromatic nitrogens is 1. The van der Waals surface area contributed by atoms with Gasteiger partial charge in [0.05, 0.1) is 0 Å². The number of aromatic hydroxyl groups is 1. The zero-order valence-electron chi connectivity index (χ0n) is 16.4. The lowest BCUT2D eigenvalue weighted by molar-refractivity contribution is 0.0291. The Morgan fingerprint density at radius 1 is 1.31 bits per heavy atom. The number of rotatable bonds is 4. The van der Waals surface area contributed by atoms with Gasteiger partial charge >= 0.3 is 6.09 Å². The van der Waals surface area contributed by atoms with Gasteiger partial charge in [-0.15, -0.1) is 11.6 Å². The number of phenolic OH excluding ortho intramolecular Hbond substituents is 1. The van der Waals surface area contributed by atoms with Crippen LogP contribution in [-0.4, -0.2) is 46.2 Å². The average molecular weight is 381 g/mol. The molecule has 0 aliphatic rings. The number of amides is 1. The van der Waals surface area contributed by atoms with Crippen molar-refractivity contribution in [3.8, 4) is 5.75 Å². The number of hydrogen-bond donors (Lipinski definition) is 1. The molecule has 1 amide bonds. The molecule has 0 fully saturated rings. The largest absolute Gasteiger partial charge is 0.506 e. The number of ether oxygens (including phenoxy) is 1. The minimum atomic E-state index is -0.545. The summed E-state index contributed by atoms with van der Waals surface area (Å²) in [5, 5.41) is 10.8. The van der Waals surface area contributed by atoms with Crippen molar-refractivity contribution in [3.63, 3.8) is 0 Å². The molecule has 0 aliphatic carbocycles. The molecule has 144 valence electrons. The highest BCUT2D eigenvalue weighted by atomic mass is 35.5. The fourth-order valence-electron chi connectivity index (χ4n) is 2.51. The first-order valence-electron chi connectivity index (χ1n) is 8.79. The lowest BCUT2D eigenvalue weighted by Gasteiger charge is -2.27. The van der Waals surface area contributed by atoms with Crippen LogP contribution in [0.25, 0.3) is 10.9 Å². The van der Waals surface area contributed by atoms with E-state index in [2.05, 4.69) is 4.98 Å². The molecule has 0 aliphatic heterocycles. The van der Waals surface area contributed by atoms with E-state index in [1.54, 1.807) is 19.3 Å². The average Bonchev–Trinajstić information content (AvgIpc) is 2.61. The van der Waals surface area contributed by atoms with Crippen LogP contribution < -0.4 is 0 Å². The van der Waals surface area contributed by atoms with E-state index >= 15 is 0 Å². The van der Waals surface area contributed by atoms with E-state index in [1.165, 1.54) is 4.90 Å². The molecular formula is C20H29ClN2O3. The van der Waals surface area contributed by atoms with Gasteiger partial charge in [-0.25, -0.2) is 4.79 Å². The maximum absolute atomic E-state index is 12.2. The number of likely N-dealkylation sites (N-methyl/N-ethyl adjacent to an activating group) is 1. The number of benzene rings is 1. The van der Waals surface area contributed by atoms with Gasteiger partial charge in [-0.2, -0.15) is 0 Å². The number of halogens is 1. The Morgan fingerprint density at radius 2 is 1.96 bits per heavy atom. The number of pyridine rings is 1. The van der Waals surface area contributed by atoms with Crippen molar-refractivity contribution in [2.45, 2.75) is 46.1 Å². The van der Waals surface area contributed by atoms with E-state index < -0.39 is 5.60 Å². The number of alkyl halides is 1. The Labute approximate surface area is 160 Å². The SMILES string of the molecule is CC.CN(CC(CCl)c1ccc(O)c2ncccc12)C(=O)OC(C)(C)C. The topological polar surface area (TPSA) is 62.7 Å². The smallest absolute Gasteiger partial charge is 0.410 e. The van der Waals surface area contributed by atoms with Crippen LogP contribution in [-0.2, 0) is 4.74 Å². The van der Waals surface area contributed by atoms with Gasteiger partial charge in [0, 0.05) is 37.0 Å². The summed E-state index contributed by atoms with van der Waals surface area (Å²) in [6.45, 7) is 9.90. The van der Waals surface area contributed by atoms with Crippen molar-refractivity contribution in [3.05, 3.63) is 36.0 Å². The van der Waals surface area contributed by atoms with Gasteiger partial charge in [-0.1, -0.05) is 26.0 Å². The summed E-state index contributed by atoms with van der Waals surface area (Å²) < 4.78 is 5.38. The highest BCUT2D eigenvalue weighted by Gasteiger charge is 2.23. The Bertz CT molecular complexity index is 729. The summed E-state index contributed by atoms with van der Waals surface area (Å²) >= 11 is 6.16.